The maximum Gasteiger partial charge on any atom is 0.253 e. The highest BCUT2D eigenvalue weighted by Crippen LogP contribution is 2.51. The maximum atomic E-state index is 12.0. The average Bonchev–Trinajstić information content (AvgIpc) is 2.95. The zero-order chi connectivity index (χ0) is 14.0. The molecule has 0 spiro atoms. The fraction of sp³-hybridized carbons (Fsp3) is 0.533. The van der Waals surface area contributed by atoms with E-state index in [1.807, 2.05) is 13.0 Å². The van der Waals surface area contributed by atoms with E-state index in [0.717, 1.165) is 12.2 Å². The minimum absolute atomic E-state index is 0.0555. The number of hydrogen-bond donors (Lipinski definition) is 3. The van der Waals surface area contributed by atoms with Gasteiger partial charge in [0, 0.05) is 24.5 Å². The predicted molar refractivity (Wildman–Crippen MR) is 79.2 cm³/mol. The summed E-state index contributed by atoms with van der Waals surface area (Å²) in [6.45, 7) is 7.96. The van der Waals surface area contributed by atoms with Crippen LogP contribution < -0.4 is 16.4 Å². The fourth-order valence-corrected chi connectivity index (χ4v) is 2.32. The van der Waals surface area contributed by atoms with Crippen molar-refractivity contribution in [2.24, 2.45) is 11.3 Å². The quantitative estimate of drug-likeness (QED) is 0.713. The Kier molecular flexibility index (Phi) is 3.69. The lowest BCUT2D eigenvalue weighted by Gasteiger charge is -2.13. The van der Waals surface area contributed by atoms with Crippen LogP contribution in [0, 0.1) is 11.3 Å². The van der Waals surface area contributed by atoms with Crippen molar-refractivity contribution in [3.63, 3.8) is 0 Å². The molecule has 0 saturated heterocycles. The molecule has 4 nitrogen and oxygen atoms in total. The van der Waals surface area contributed by atoms with Crippen molar-refractivity contribution in [1.29, 1.82) is 0 Å². The molecular weight excluding hydrogens is 238 g/mol. The van der Waals surface area contributed by atoms with Gasteiger partial charge in [0.05, 0.1) is 5.56 Å². The van der Waals surface area contributed by atoms with Crippen molar-refractivity contribution in [3.05, 3.63) is 23.8 Å². The second-order valence-corrected chi connectivity index (χ2v) is 5.94. The van der Waals surface area contributed by atoms with E-state index in [0.29, 0.717) is 29.1 Å². The van der Waals surface area contributed by atoms with Crippen molar-refractivity contribution in [3.8, 4) is 0 Å². The van der Waals surface area contributed by atoms with Crippen LogP contribution in [0.15, 0.2) is 18.2 Å². The van der Waals surface area contributed by atoms with E-state index in [1.165, 1.54) is 6.42 Å². The van der Waals surface area contributed by atoms with E-state index >= 15 is 0 Å². The Bertz CT molecular complexity index is 482. The van der Waals surface area contributed by atoms with Gasteiger partial charge in [-0.15, -0.1) is 0 Å². The molecule has 1 fully saturated rings. The van der Waals surface area contributed by atoms with E-state index < -0.39 is 0 Å². The van der Waals surface area contributed by atoms with Gasteiger partial charge in [0.1, 0.15) is 0 Å². The lowest BCUT2D eigenvalue weighted by molar-refractivity contribution is 0.0956. The van der Waals surface area contributed by atoms with Gasteiger partial charge in [-0.2, -0.15) is 0 Å². The van der Waals surface area contributed by atoms with Crippen LogP contribution >= 0.6 is 0 Å². The standard InChI is InChI=1S/C15H23N3O/c1-4-17-14(19)12-6-5-11(16)7-13(12)18-9-10-8-15(10,2)3/h5-7,10,18H,4,8-9,16H2,1-3H3,(H,17,19). The van der Waals surface area contributed by atoms with E-state index in [4.69, 9.17) is 5.73 Å². The van der Waals surface area contributed by atoms with Crippen LogP contribution in [-0.4, -0.2) is 19.0 Å². The normalized spacial score (nSPS) is 19.8. The summed E-state index contributed by atoms with van der Waals surface area (Å²) in [6.07, 6.45) is 1.23. The molecule has 1 aliphatic carbocycles. The van der Waals surface area contributed by atoms with E-state index in [1.54, 1.807) is 12.1 Å². The zero-order valence-corrected chi connectivity index (χ0v) is 11.9. The third-order valence-electron chi connectivity index (χ3n) is 3.88. The second kappa shape index (κ2) is 5.11. The summed E-state index contributed by atoms with van der Waals surface area (Å²) >= 11 is 0. The number of anilines is 2. The smallest absolute Gasteiger partial charge is 0.253 e. The van der Waals surface area contributed by atoms with Crippen molar-refractivity contribution < 1.29 is 4.79 Å². The second-order valence-electron chi connectivity index (χ2n) is 5.94. The molecule has 1 aromatic carbocycles. The molecule has 4 N–H and O–H groups in total. The minimum atomic E-state index is -0.0555. The summed E-state index contributed by atoms with van der Waals surface area (Å²) < 4.78 is 0. The molecular formula is C15H23N3O. The van der Waals surface area contributed by atoms with Crippen LogP contribution in [0.5, 0.6) is 0 Å². The van der Waals surface area contributed by atoms with Crippen LogP contribution in [0.3, 0.4) is 0 Å². The number of carbonyl (C=O) groups excluding carboxylic acids is 1. The molecule has 1 aliphatic rings. The van der Waals surface area contributed by atoms with E-state index in [9.17, 15) is 4.79 Å². The molecule has 104 valence electrons. The van der Waals surface area contributed by atoms with Crippen LogP contribution in [0.25, 0.3) is 0 Å². The highest BCUT2D eigenvalue weighted by Gasteiger charge is 2.45. The Morgan fingerprint density at radius 3 is 2.74 bits per heavy atom. The van der Waals surface area contributed by atoms with Crippen molar-refractivity contribution >= 4 is 17.3 Å². The summed E-state index contributed by atoms with van der Waals surface area (Å²) in [5, 5.41) is 6.19. The van der Waals surface area contributed by atoms with Gasteiger partial charge < -0.3 is 16.4 Å². The Balaban J connectivity index is 2.09. The lowest BCUT2D eigenvalue weighted by atomic mass is 10.1. The van der Waals surface area contributed by atoms with Gasteiger partial charge in [-0.05, 0) is 42.9 Å². The average molecular weight is 261 g/mol. The largest absolute Gasteiger partial charge is 0.399 e. The van der Waals surface area contributed by atoms with Gasteiger partial charge in [0.15, 0.2) is 0 Å². The molecule has 4 heteroatoms. The zero-order valence-electron chi connectivity index (χ0n) is 11.9. The molecule has 19 heavy (non-hydrogen) atoms. The first-order valence-corrected chi connectivity index (χ1v) is 6.85. The number of nitrogen functional groups attached to an aromatic ring is 1. The van der Waals surface area contributed by atoms with Gasteiger partial charge in [-0.1, -0.05) is 13.8 Å². The van der Waals surface area contributed by atoms with Gasteiger partial charge in [0.2, 0.25) is 0 Å². The SMILES string of the molecule is CCNC(=O)c1ccc(N)cc1NCC1CC1(C)C. The van der Waals surface area contributed by atoms with Crippen molar-refractivity contribution in [2.45, 2.75) is 27.2 Å². The molecule has 1 saturated carbocycles. The number of benzene rings is 1. The summed E-state index contributed by atoms with van der Waals surface area (Å²) in [5.41, 5.74) is 8.40. The van der Waals surface area contributed by atoms with E-state index in [-0.39, 0.29) is 5.91 Å². The Morgan fingerprint density at radius 2 is 2.16 bits per heavy atom. The van der Waals surface area contributed by atoms with Crippen LogP contribution in [-0.2, 0) is 0 Å². The Hall–Kier alpha value is -1.71. The topological polar surface area (TPSA) is 67.2 Å². The van der Waals surface area contributed by atoms with Crippen molar-refractivity contribution in [1.82, 2.24) is 5.32 Å². The van der Waals surface area contributed by atoms with Crippen molar-refractivity contribution in [2.75, 3.05) is 24.1 Å². The molecule has 0 aromatic heterocycles. The molecule has 0 aliphatic heterocycles. The van der Waals surface area contributed by atoms with Gasteiger partial charge in [0.25, 0.3) is 5.91 Å². The first-order valence-electron chi connectivity index (χ1n) is 6.85. The first-order chi connectivity index (χ1) is 8.94. The number of carbonyl (C=O) groups is 1. The minimum Gasteiger partial charge on any atom is -0.399 e. The van der Waals surface area contributed by atoms with Gasteiger partial charge in [-0.3, -0.25) is 4.79 Å². The first kappa shape index (κ1) is 13.7. The lowest BCUT2D eigenvalue weighted by Crippen LogP contribution is -2.24. The molecule has 2 rings (SSSR count). The number of nitrogens with two attached hydrogens (primary N) is 1. The van der Waals surface area contributed by atoms with Crippen LogP contribution in [0.4, 0.5) is 11.4 Å². The molecule has 1 aromatic rings. The van der Waals surface area contributed by atoms with Crippen LogP contribution in [0.1, 0.15) is 37.6 Å². The molecule has 0 heterocycles. The maximum absolute atomic E-state index is 12.0. The fourth-order valence-electron chi connectivity index (χ4n) is 2.32. The summed E-state index contributed by atoms with van der Waals surface area (Å²) in [6, 6.07) is 5.37. The Morgan fingerprint density at radius 1 is 1.47 bits per heavy atom. The highest BCUT2D eigenvalue weighted by atomic mass is 16.1. The highest BCUT2D eigenvalue weighted by molar-refractivity contribution is 6.00. The third kappa shape index (κ3) is 3.19. The van der Waals surface area contributed by atoms with Gasteiger partial charge >= 0.3 is 0 Å². The van der Waals surface area contributed by atoms with Crippen LogP contribution in [0.2, 0.25) is 0 Å². The monoisotopic (exact) mass is 261 g/mol. The Labute approximate surface area is 114 Å². The molecule has 0 radical (unpaired) electrons. The number of nitrogens with one attached hydrogen (secondary N) is 2. The molecule has 1 amide bonds. The summed E-state index contributed by atoms with van der Waals surface area (Å²) in [7, 11) is 0. The molecule has 1 atom stereocenters. The van der Waals surface area contributed by atoms with Gasteiger partial charge in [-0.25, -0.2) is 0 Å². The number of rotatable bonds is 5. The third-order valence-corrected chi connectivity index (χ3v) is 3.88. The number of amides is 1. The molecule has 0 bridgehead atoms. The molecule has 1 unspecified atom stereocenters. The summed E-state index contributed by atoms with van der Waals surface area (Å²) in [5.74, 6) is 0.621. The summed E-state index contributed by atoms with van der Waals surface area (Å²) in [4.78, 5) is 12.0. The van der Waals surface area contributed by atoms with E-state index in [2.05, 4.69) is 24.5 Å². The number of hydrogen-bond acceptors (Lipinski definition) is 3. The predicted octanol–water partition coefficient (Wildman–Crippen LogP) is 2.48.